The predicted molar refractivity (Wildman–Crippen MR) is 90.5 cm³/mol. The van der Waals surface area contributed by atoms with Gasteiger partial charge in [0.25, 0.3) is 0 Å². The third-order valence-electron chi connectivity index (χ3n) is 4.98. The van der Waals surface area contributed by atoms with Crippen LogP contribution in [0.4, 0.5) is 0 Å². The fourth-order valence-electron chi connectivity index (χ4n) is 3.79. The molecule has 0 saturated carbocycles. The molecule has 2 aliphatic rings. The van der Waals surface area contributed by atoms with Gasteiger partial charge in [-0.05, 0) is 28.7 Å². The summed E-state index contributed by atoms with van der Waals surface area (Å²) in [7, 11) is 0. The maximum atomic E-state index is 12.5. The number of fused-ring (bicyclic) bond motifs is 2. The van der Waals surface area contributed by atoms with E-state index in [-0.39, 0.29) is 24.5 Å². The first-order valence-electron chi connectivity index (χ1n) is 8.47. The minimum absolute atomic E-state index is 0.0857. The van der Waals surface area contributed by atoms with Crippen molar-refractivity contribution in [1.29, 1.82) is 0 Å². The second-order valence-corrected chi connectivity index (χ2v) is 6.53. The molecule has 0 radical (unpaired) electrons. The van der Waals surface area contributed by atoms with Crippen LogP contribution in [0.1, 0.15) is 40.8 Å². The van der Waals surface area contributed by atoms with E-state index in [0.29, 0.717) is 13.0 Å². The molecule has 4 rings (SSSR count). The lowest BCUT2D eigenvalue weighted by Crippen LogP contribution is -2.35. The topological polar surface area (TPSA) is 58.6 Å². The molecule has 0 saturated heterocycles. The van der Waals surface area contributed by atoms with Gasteiger partial charge in [-0.1, -0.05) is 48.5 Å². The summed E-state index contributed by atoms with van der Waals surface area (Å²) in [6.07, 6.45) is 0.990. The predicted octanol–water partition coefficient (Wildman–Crippen LogP) is 2.47. The van der Waals surface area contributed by atoms with Gasteiger partial charge in [0.15, 0.2) is 0 Å². The van der Waals surface area contributed by atoms with Gasteiger partial charge in [0.1, 0.15) is 0 Å². The summed E-state index contributed by atoms with van der Waals surface area (Å²) in [6.45, 7) is 0.643. The first-order valence-corrected chi connectivity index (χ1v) is 8.47. The number of aliphatic hydroxyl groups excluding tert-OH is 1. The van der Waals surface area contributed by atoms with E-state index in [0.717, 1.165) is 23.1 Å². The number of benzene rings is 2. The Kier molecular flexibility index (Phi) is 4.08. The number of hydrogen-bond donors (Lipinski definition) is 2. The van der Waals surface area contributed by atoms with Gasteiger partial charge in [-0.25, -0.2) is 0 Å². The van der Waals surface area contributed by atoms with Gasteiger partial charge in [0.2, 0.25) is 5.91 Å². The Balaban J connectivity index is 1.47. The van der Waals surface area contributed by atoms with Gasteiger partial charge in [-0.15, -0.1) is 0 Å². The van der Waals surface area contributed by atoms with Crippen LogP contribution in [0.25, 0.3) is 0 Å². The molecule has 4 heteroatoms. The van der Waals surface area contributed by atoms with Crippen LogP contribution in [0, 0.1) is 0 Å². The van der Waals surface area contributed by atoms with Crippen molar-refractivity contribution in [3.05, 3.63) is 70.8 Å². The minimum Gasteiger partial charge on any atom is -0.390 e. The fourth-order valence-corrected chi connectivity index (χ4v) is 3.79. The van der Waals surface area contributed by atoms with E-state index in [1.165, 1.54) is 5.56 Å². The summed E-state index contributed by atoms with van der Waals surface area (Å²) in [5, 5.41) is 13.3. The molecule has 1 aliphatic heterocycles. The first-order chi connectivity index (χ1) is 11.7. The SMILES string of the molecule is O=C(C[C@H]1OCCc2ccccc21)N[C@H]1c2ccccc2C[C@@H]1O. The standard InChI is InChI=1S/C20H21NO3/c22-17-11-14-6-2-4-8-16(14)20(17)21-19(23)12-18-15-7-3-1-5-13(15)9-10-24-18/h1-8,17-18,20,22H,9-12H2,(H,21,23)/t17-,18+,20-/m0/s1. The summed E-state index contributed by atoms with van der Waals surface area (Å²) in [5.74, 6) is -0.0857. The first kappa shape index (κ1) is 15.4. The second-order valence-electron chi connectivity index (χ2n) is 6.53. The van der Waals surface area contributed by atoms with Gasteiger partial charge in [0, 0.05) is 6.42 Å². The Morgan fingerprint density at radius 2 is 1.79 bits per heavy atom. The van der Waals surface area contributed by atoms with Crippen molar-refractivity contribution in [3.63, 3.8) is 0 Å². The average molecular weight is 323 g/mol. The molecule has 0 aromatic heterocycles. The van der Waals surface area contributed by atoms with Crippen LogP contribution in [0.2, 0.25) is 0 Å². The van der Waals surface area contributed by atoms with Crippen LogP contribution in [0.15, 0.2) is 48.5 Å². The molecule has 4 nitrogen and oxygen atoms in total. The van der Waals surface area contributed by atoms with Crippen LogP contribution < -0.4 is 5.32 Å². The average Bonchev–Trinajstić information content (AvgIpc) is 2.91. The van der Waals surface area contributed by atoms with Gasteiger partial charge >= 0.3 is 0 Å². The Morgan fingerprint density at radius 1 is 1.08 bits per heavy atom. The van der Waals surface area contributed by atoms with E-state index in [1.54, 1.807) is 0 Å². The molecular formula is C20H21NO3. The monoisotopic (exact) mass is 323 g/mol. The third kappa shape index (κ3) is 2.83. The third-order valence-corrected chi connectivity index (χ3v) is 4.98. The summed E-state index contributed by atoms with van der Waals surface area (Å²) in [6, 6.07) is 15.7. The fraction of sp³-hybridized carbons (Fsp3) is 0.350. The van der Waals surface area contributed by atoms with E-state index in [4.69, 9.17) is 4.74 Å². The molecule has 124 valence electrons. The van der Waals surface area contributed by atoms with Gasteiger partial charge in [0.05, 0.1) is 31.3 Å². The van der Waals surface area contributed by atoms with E-state index >= 15 is 0 Å². The molecule has 0 unspecified atom stereocenters. The van der Waals surface area contributed by atoms with Crippen molar-refractivity contribution in [3.8, 4) is 0 Å². The molecule has 0 fully saturated rings. The largest absolute Gasteiger partial charge is 0.390 e. The van der Waals surface area contributed by atoms with Crippen LogP contribution >= 0.6 is 0 Å². The van der Waals surface area contributed by atoms with Gasteiger partial charge in [-0.3, -0.25) is 4.79 Å². The van der Waals surface area contributed by atoms with Crippen molar-refractivity contribution in [1.82, 2.24) is 5.32 Å². The van der Waals surface area contributed by atoms with Gasteiger partial charge < -0.3 is 15.2 Å². The smallest absolute Gasteiger partial charge is 0.223 e. The number of carbonyl (C=O) groups excluding carboxylic acids is 1. The zero-order valence-corrected chi connectivity index (χ0v) is 13.4. The summed E-state index contributed by atoms with van der Waals surface area (Å²) >= 11 is 0. The van der Waals surface area contributed by atoms with E-state index in [1.807, 2.05) is 42.5 Å². The molecule has 0 bridgehead atoms. The summed E-state index contributed by atoms with van der Waals surface area (Å²) < 4.78 is 5.81. The minimum atomic E-state index is -0.564. The Hall–Kier alpha value is -2.17. The number of ether oxygens (including phenoxy) is 1. The zero-order chi connectivity index (χ0) is 16.5. The quantitative estimate of drug-likeness (QED) is 0.912. The van der Waals surface area contributed by atoms with E-state index in [2.05, 4.69) is 11.4 Å². The maximum Gasteiger partial charge on any atom is 0.223 e. The highest BCUT2D eigenvalue weighted by molar-refractivity contribution is 5.77. The second kappa shape index (κ2) is 6.38. The number of carbonyl (C=O) groups is 1. The molecule has 3 atom stereocenters. The molecule has 24 heavy (non-hydrogen) atoms. The highest BCUT2D eigenvalue weighted by Gasteiger charge is 2.32. The molecule has 2 N–H and O–H groups in total. The molecule has 0 spiro atoms. The Bertz CT molecular complexity index is 758. The van der Waals surface area contributed by atoms with Crippen LogP contribution in [-0.2, 0) is 22.4 Å². The van der Waals surface area contributed by atoms with Crippen molar-refractivity contribution < 1.29 is 14.6 Å². The van der Waals surface area contributed by atoms with Crippen molar-refractivity contribution in [2.75, 3.05) is 6.61 Å². The number of nitrogens with one attached hydrogen (secondary N) is 1. The molecule has 2 aromatic rings. The maximum absolute atomic E-state index is 12.5. The Morgan fingerprint density at radius 3 is 2.62 bits per heavy atom. The lowest BCUT2D eigenvalue weighted by molar-refractivity contribution is -0.126. The molecule has 1 aliphatic carbocycles. The summed E-state index contributed by atoms with van der Waals surface area (Å²) in [5.41, 5.74) is 4.48. The molecule has 1 amide bonds. The number of rotatable bonds is 3. The number of amides is 1. The molecule has 2 aromatic carbocycles. The number of hydrogen-bond acceptors (Lipinski definition) is 3. The van der Waals surface area contributed by atoms with E-state index < -0.39 is 6.10 Å². The van der Waals surface area contributed by atoms with Gasteiger partial charge in [-0.2, -0.15) is 0 Å². The molecular weight excluding hydrogens is 302 g/mol. The van der Waals surface area contributed by atoms with Crippen molar-refractivity contribution in [2.24, 2.45) is 0 Å². The van der Waals surface area contributed by atoms with Crippen molar-refractivity contribution >= 4 is 5.91 Å². The lowest BCUT2D eigenvalue weighted by Gasteiger charge is -2.26. The number of aliphatic hydroxyl groups is 1. The highest BCUT2D eigenvalue weighted by atomic mass is 16.5. The normalized spacial score (nSPS) is 25.0. The van der Waals surface area contributed by atoms with Crippen molar-refractivity contribution in [2.45, 2.75) is 37.5 Å². The highest BCUT2D eigenvalue weighted by Crippen LogP contribution is 2.33. The Labute approximate surface area is 141 Å². The lowest BCUT2D eigenvalue weighted by atomic mass is 9.95. The van der Waals surface area contributed by atoms with Crippen LogP contribution in [0.3, 0.4) is 0 Å². The van der Waals surface area contributed by atoms with E-state index in [9.17, 15) is 9.90 Å². The van der Waals surface area contributed by atoms with Crippen LogP contribution in [-0.4, -0.2) is 23.7 Å². The molecule has 1 heterocycles. The van der Waals surface area contributed by atoms with Crippen LogP contribution in [0.5, 0.6) is 0 Å². The zero-order valence-electron chi connectivity index (χ0n) is 13.4. The summed E-state index contributed by atoms with van der Waals surface area (Å²) in [4.78, 5) is 12.5.